The molecule has 0 aliphatic carbocycles. The molecule has 1 aliphatic heterocycles. The van der Waals surface area contributed by atoms with Crippen LogP contribution in [0.2, 0.25) is 0 Å². The molecule has 3 rings (SSSR count). The Morgan fingerprint density at radius 1 is 1.20 bits per heavy atom. The quantitative estimate of drug-likeness (QED) is 0.391. The van der Waals surface area contributed by atoms with Crippen LogP contribution in [0.15, 0.2) is 29.3 Å². The van der Waals surface area contributed by atoms with Gasteiger partial charge in [0.05, 0.1) is 19.3 Å². The average molecular weight is 414 g/mol. The van der Waals surface area contributed by atoms with Gasteiger partial charge in [0, 0.05) is 26.7 Å². The number of aromatic nitrogens is 3. The zero-order valence-corrected chi connectivity index (χ0v) is 18.7. The zero-order valence-electron chi connectivity index (χ0n) is 18.7. The molecule has 1 aromatic carbocycles. The number of ether oxygens (including phenoxy) is 1. The monoisotopic (exact) mass is 413 g/mol. The van der Waals surface area contributed by atoms with Crippen LogP contribution in [0.5, 0.6) is 0 Å². The van der Waals surface area contributed by atoms with Crippen LogP contribution in [-0.4, -0.2) is 65.0 Å². The first-order chi connectivity index (χ1) is 14.5. The lowest BCUT2D eigenvalue weighted by Crippen LogP contribution is -2.41. The van der Waals surface area contributed by atoms with Crippen molar-refractivity contribution in [3.05, 3.63) is 47.0 Å². The summed E-state index contributed by atoms with van der Waals surface area (Å²) in [7, 11) is 1.97. The number of rotatable bonds is 8. The van der Waals surface area contributed by atoms with Crippen molar-refractivity contribution in [1.82, 2.24) is 30.3 Å². The van der Waals surface area contributed by atoms with Crippen LogP contribution in [0.1, 0.15) is 42.2 Å². The summed E-state index contributed by atoms with van der Waals surface area (Å²) >= 11 is 0. The van der Waals surface area contributed by atoms with Gasteiger partial charge in [0.2, 0.25) is 0 Å². The van der Waals surface area contributed by atoms with Gasteiger partial charge in [0.1, 0.15) is 12.4 Å². The third kappa shape index (κ3) is 6.27. The lowest BCUT2D eigenvalue weighted by Gasteiger charge is -2.26. The molecule has 30 heavy (non-hydrogen) atoms. The molecule has 0 amide bonds. The fourth-order valence-electron chi connectivity index (χ4n) is 3.58. The van der Waals surface area contributed by atoms with Gasteiger partial charge in [0.25, 0.3) is 0 Å². The third-order valence-corrected chi connectivity index (χ3v) is 5.62. The molecule has 2 aromatic rings. The molecule has 8 nitrogen and oxygen atoms in total. The van der Waals surface area contributed by atoms with Gasteiger partial charge in [-0.15, -0.1) is 10.2 Å². The molecule has 2 N–H and O–H groups in total. The number of nitrogens with one attached hydrogen (secondary N) is 2. The Bertz CT molecular complexity index is 827. The Morgan fingerprint density at radius 3 is 2.67 bits per heavy atom. The first-order valence-electron chi connectivity index (χ1n) is 10.8. The van der Waals surface area contributed by atoms with E-state index in [1.807, 2.05) is 18.5 Å². The molecule has 164 valence electrons. The van der Waals surface area contributed by atoms with Crippen LogP contribution in [0.3, 0.4) is 0 Å². The second-order valence-electron chi connectivity index (χ2n) is 7.84. The van der Waals surface area contributed by atoms with Gasteiger partial charge >= 0.3 is 0 Å². The minimum absolute atomic E-state index is 0.151. The summed E-state index contributed by atoms with van der Waals surface area (Å²) in [5.41, 5.74) is 2.54. The molecule has 0 bridgehead atoms. The van der Waals surface area contributed by atoms with Crippen LogP contribution < -0.4 is 10.6 Å². The van der Waals surface area contributed by atoms with Gasteiger partial charge in [-0.2, -0.15) is 0 Å². The van der Waals surface area contributed by atoms with Crippen molar-refractivity contribution in [1.29, 1.82) is 0 Å². The fraction of sp³-hybridized carbons (Fsp3) is 0.591. The van der Waals surface area contributed by atoms with Gasteiger partial charge in [-0.3, -0.25) is 4.90 Å². The van der Waals surface area contributed by atoms with Crippen molar-refractivity contribution < 1.29 is 4.74 Å². The van der Waals surface area contributed by atoms with Gasteiger partial charge in [-0.1, -0.05) is 24.3 Å². The van der Waals surface area contributed by atoms with Crippen LogP contribution in [0, 0.1) is 13.8 Å². The highest BCUT2D eigenvalue weighted by molar-refractivity contribution is 5.80. The Morgan fingerprint density at radius 2 is 1.97 bits per heavy atom. The summed E-state index contributed by atoms with van der Waals surface area (Å²) in [6, 6.07) is 8.60. The van der Waals surface area contributed by atoms with Crippen molar-refractivity contribution in [3.8, 4) is 0 Å². The first-order valence-corrected chi connectivity index (χ1v) is 10.8. The Balaban J connectivity index is 1.60. The maximum Gasteiger partial charge on any atom is 0.192 e. The lowest BCUT2D eigenvalue weighted by molar-refractivity contribution is 0.0376. The van der Waals surface area contributed by atoms with Crippen LogP contribution >= 0.6 is 0 Å². The fourth-order valence-corrected chi connectivity index (χ4v) is 3.58. The van der Waals surface area contributed by atoms with Crippen LogP contribution in [0.4, 0.5) is 0 Å². The van der Waals surface area contributed by atoms with E-state index in [1.165, 1.54) is 11.1 Å². The second-order valence-corrected chi connectivity index (χ2v) is 7.84. The summed E-state index contributed by atoms with van der Waals surface area (Å²) in [4.78, 5) is 7.24. The second kappa shape index (κ2) is 11.1. The van der Waals surface area contributed by atoms with E-state index in [4.69, 9.17) is 9.73 Å². The van der Waals surface area contributed by atoms with E-state index in [1.54, 1.807) is 0 Å². The molecular formula is C22H35N7O. The number of hydrogen-bond acceptors (Lipinski definition) is 5. The molecule has 0 spiro atoms. The van der Waals surface area contributed by atoms with Crippen molar-refractivity contribution in [2.45, 2.75) is 39.8 Å². The number of morpholine rings is 1. The van der Waals surface area contributed by atoms with E-state index in [2.05, 4.69) is 63.8 Å². The predicted octanol–water partition coefficient (Wildman–Crippen LogP) is 1.95. The maximum absolute atomic E-state index is 5.43. The first kappa shape index (κ1) is 22.2. The molecule has 1 atom stereocenters. The van der Waals surface area contributed by atoms with E-state index in [0.29, 0.717) is 6.54 Å². The number of aliphatic imine (C=N–C) groups is 1. The summed E-state index contributed by atoms with van der Waals surface area (Å²) < 4.78 is 7.40. The molecule has 1 aliphatic rings. The van der Waals surface area contributed by atoms with Crippen molar-refractivity contribution in [2.24, 2.45) is 12.0 Å². The van der Waals surface area contributed by atoms with Gasteiger partial charge < -0.3 is 19.9 Å². The Hall–Kier alpha value is -2.45. The minimum atomic E-state index is 0.151. The van der Waals surface area contributed by atoms with Gasteiger partial charge in [0.15, 0.2) is 11.8 Å². The van der Waals surface area contributed by atoms with Crippen molar-refractivity contribution in [3.63, 3.8) is 0 Å². The summed E-state index contributed by atoms with van der Waals surface area (Å²) in [5.74, 6) is 2.54. The molecule has 1 aromatic heterocycles. The Kier molecular flexibility index (Phi) is 8.21. The largest absolute Gasteiger partial charge is 0.379 e. The predicted molar refractivity (Wildman–Crippen MR) is 119 cm³/mol. The summed E-state index contributed by atoms with van der Waals surface area (Å²) in [6.45, 7) is 12.4. The summed E-state index contributed by atoms with van der Waals surface area (Å²) in [6.07, 6.45) is 1.06. The molecule has 2 heterocycles. The van der Waals surface area contributed by atoms with Crippen molar-refractivity contribution in [2.75, 3.05) is 39.4 Å². The topological polar surface area (TPSA) is 79.6 Å². The Labute approximate surface area is 179 Å². The molecule has 1 unspecified atom stereocenters. The number of hydrogen-bond donors (Lipinski definition) is 2. The van der Waals surface area contributed by atoms with Crippen LogP contribution in [0.25, 0.3) is 0 Å². The maximum atomic E-state index is 5.43. The van der Waals surface area contributed by atoms with E-state index >= 15 is 0 Å². The number of benzene rings is 1. The van der Waals surface area contributed by atoms with Crippen LogP contribution in [-0.2, 0) is 18.3 Å². The van der Waals surface area contributed by atoms with E-state index < -0.39 is 0 Å². The standard InChI is InChI=1S/C22H35N7O/c1-17-8-5-6-9-20(17)18(2)25-22(24-16-21-27-26-19(3)28(21)4)23-10-7-11-29-12-14-30-15-13-29/h5-6,8-9,18H,7,10-16H2,1-4H3,(H2,23,24,25). The van der Waals surface area contributed by atoms with E-state index in [9.17, 15) is 0 Å². The molecule has 1 fully saturated rings. The highest BCUT2D eigenvalue weighted by Gasteiger charge is 2.12. The highest BCUT2D eigenvalue weighted by atomic mass is 16.5. The van der Waals surface area contributed by atoms with E-state index in [0.717, 1.165) is 63.4 Å². The average Bonchev–Trinajstić information content (AvgIpc) is 3.08. The smallest absolute Gasteiger partial charge is 0.192 e. The minimum Gasteiger partial charge on any atom is -0.379 e. The number of guanidine groups is 1. The van der Waals surface area contributed by atoms with Crippen molar-refractivity contribution >= 4 is 5.96 Å². The summed E-state index contributed by atoms with van der Waals surface area (Å²) in [5, 5.41) is 15.4. The zero-order chi connectivity index (χ0) is 21.3. The normalized spacial score (nSPS) is 16.5. The number of nitrogens with zero attached hydrogens (tertiary/aromatic N) is 5. The highest BCUT2D eigenvalue weighted by Crippen LogP contribution is 2.16. The molecular weight excluding hydrogens is 378 g/mol. The molecule has 0 radical (unpaired) electrons. The lowest BCUT2D eigenvalue weighted by atomic mass is 10.0. The number of aryl methyl sites for hydroxylation is 2. The molecule has 8 heteroatoms. The third-order valence-electron chi connectivity index (χ3n) is 5.62. The van der Waals surface area contributed by atoms with Gasteiger partial charge in [-0.05, 0) is 44.9 Å². The SMILES string of the molecule is Cc1ccccc1C(C)NC(=NCc1nnc(C)n1C)NCCCN1CCOCC1. The van der Waals surface area contributed by atoms with E-state index in [-0.39, 0.29) is 6.04 Å². The van der Waals surface area contributed by atoms with Gasteiger partial charge in [-0.25, -0.2) is 4.99 Å². The molecule has 0 saturated carbocycles. The molecule has 1 saturated heterocycles.